The molecule has 0 saturated heterocycles. The van der Waals surface area contributed by atoms with E-state index in [1.807, 2.05) is 55.6 Å². The molecular weight excluding hydrogens is 586 g/mol. The summed E-state index contributed by atoms with van der Waals surface area (Å²) in [5.41, 5.74) is 3.04. The molecule has 1 aromatic heterocycles. The topological polar surface area (TPSA) is 81.0 Å². The second kappa shape index (κ2) is 10.3. The van der Waals surface area contributed by atoms with Crippen molar-refractivity contribution in [2.75, 3.05) is 17.7 Å². The summed E-state index contributed by atoms with van der Waals surface area (Å²) in [5, 5.41) is 0. The highest BCUT2D eigenvalue weighted by atomic mass is 79.9. The van der Waals surface area contributed by atoms with Crippen LogP contribution in [-0.2, 0) is 14.3 Å². The fourth-order valence-electron chi connectivity index (χ4n) is 4.85. The van der Waals surface area contributed by atoms with Crippen LogP contribution in [0.25, 0.3) is 5.57 Å². The number of carbonyl (C=O) groups is 2. The van der Waals surface area contributed by atoms with E-state index in [-0.39, 0.29) is 17.6 Å². The fraction of sp³-hybridized carbons (Fsp3) is 0.286. The smallest absolute Gasteiger partial charge is 0.338 e. The summed E-state index contributed by atoms with van der Waals surface area (Å²) < 4.78 is 8.23. The number of carbonyl (C=O) groups excluding carboxylic acids is 2. The molecule has 5 rings (SSSR count). The highest BCUT2D eigenvalue weighted by molar-refractivity contribution is 9.10. The number of allylic oxidation sites excluding steroid dienone is 1. The number of rotatable bonds is 5. The Morgan fingerprint density at radius 1 is 1.18 bits per heavy atom. The zero-order chi connectivity index (χ0) is 27.3. The Balaban J connectivity index is 1.81. The molecule has 2 aromatic carbocycles. The number of thioether (sulfide) groups is 1. The summed E-state index contributed by atoms with van der Waals surface area (Å²) in [5.74, 6) is -0.733. The second-order valence-corrected chi connectivity index (χ2v) is 12.0. The number of halogens is 1. The molecule has 38 heavy (non-hydrogen) atoms. The maximum absolute atomic E-state index is 14.2. The van der Waals surface area contributed by atoms with E-state index in [2.05, 4.69) is 20.9 Å². The second-order valence-electron chi connectivity index (χ2n) is 9.22. The summed E-state index contributed by atoms with van der Waals surface area (Å²) in [6, 6.07) is 12.7. The maximum atomic E-state index is 14.2. The number of nitrogens with zero attached hydrogens (tertiary/aromatic N) is 3. The molecule has 0 fully saturated rings. The van der Waals surface area contributed by atoms with E-state index in [0.717, 1.165) is 20.6 Å². The summed E-state index contributed by atoms with van der Waals surface area (Å²) in [6.45, 7) is 7.71. The molecule has 0 unspecified atom stereocenters. The minimum absolute atomic E-state index is 0.220. The Morgan fingerprint density at radius 2 is 1.89 bits per heavy atom. The first-order valence-corrected chi connectivity index (χ1v) is 15.0. The van der Waals surface area contributed by atoms with Crippen LogP contribution in [0.3, 0.4) is 0 Å². The van der Waals surface area contributed by atoms with E-state index in [1.54, 1.807) is 37.4 Å². The number of ether oxygens (including phenoxy) is 1. The molecule has 3 aromatic rings. The Bertz CT molecular complexity index is 1690. The fourth-order valence-corrected chi connectivity index (χ4v) is 6.76. The van der Waals surface area contributed by atoms with Gasteiger partial charge in [0.05, 0.1) is 34.7 Å². The van der Waals surface area contributed by atoms with Crippen LogP contribution in [0.5, 0.6) is 0 Å². The first-order valence-electron chi connectivity index (χ1n) is 12.2. The summed E-state index contributed by atoms with van der Waals surface area (Å²) in [4.78, 5) is 48.9. The lowest BCUT2D eigenvalue weighted by molar-refractivity contribution is -0.143. The van der Waals surface area contributed by atoms with Gasteiger partial charge in [0, 0.05) is 21.5 Å². The molecule has 1 amide bonds. The monoisotopic (exact) mass is 611 g/mol. The maximum Gasteiger partial charge on any atom is 0.338 e. The predicted octanol–water partition coefficient (Wildman–Crippen LogP) is 4.41. The van der Waals surface area contributed by atoms with Gasteiger partial charge in [-0.25, -0.2) is 9.79 Å². The number of esters is 1. The molecule has 3 heterocycles. The first-order chi connectivity index (χ1) is 18.2. The molecule has 0 radical (unpaired) electrons. The number of thiazole rings is 1. The van der Waals surface area contributed by atoms with Gasteiger partial charge < -0.3 is 9.64 Å². The molecule has 0 aliphatic carbocycles. The zero-order valence-electron chi connectivity index (χ0n) is 21.6. The van der Waals surface area contributed by atoms with Crippen LogP contribution in [0, 0.1) is 0 Å². The highest BCUT2D eigenvalue weighted by Crippen LogP contribution is 2.37. The number of likely N-dealkylation sites (N-methyl/N-ethyl adjacent to an activating group) is 1. The van der Waals surface area contributed by atoms with Crippen LogP contribution >= 0.6 is 39.0 Å². The van der Waals surface area contributed by atoms with Gasteiger partial charge in [0.15, 0.2) is 4.80 Å². The number of aromatic nitrogens is 1. The number of hydrogen-bond acceptors (Lipinski definition) is 7. The van der Waals surface area contributed by atoms with Gasteiger partial charge in [-0.05, 0) is 69.8 Å². The van der Waals surface area contributed by atoms with Gasteiger partial charge in [-0.15, -0.1) is 11.8 Å². The first kappa shape index (κ1) is 26.6. The zero-order valence-corrected chi connectivity index (χ0v) is 24.8. The van der Waals surface area contributed by atoms with Crippen molar-refractivity contribution < 1.29 is 14.3 Å². The lowest BCUT2D eigenvalue weighted by atomic mass is 9.96. The lowest BCUT2D eigenvalue weighted by Crippen LogP contribution is -2.41. The largest absolute Gasteiger partial charge is 0.459 e. The third-order valence-corrected chi connectivity index (χ3v) is 8.80. The third kappa shape index (κ3) is 4.38. The number of amides is 1. The molecule has 7 nitrogen and oxygen atoms in total. The van der Waals surface area contributed by atoms with E-state index in [0.29, 0.717) is 38.3 Å². The van der Waals surface area contributed by atoms with E-state index in [1.165, 1.54) is 15.9 Å². The van der Waals surface area contributed by atoms with Crippen molar-refractivity contribution in [2.24, 2.45) is 4.99 Å². The Morgan fingerprint density at radius 3 is 2.53 bits per heavy atom. The molecule has 1 atom stereocenters. The minimum atomic E-state index is -0.733. The van der Waals surface area contributed by atoms with Crippen LogP contribution in [0.2, 0.25) is 0 Å². The van der Waals surface area contributed by atoms with Gasteiger partial charge in [-0.2, -0.15) is 0 Å². The molecule has 2 aliphatic rings. The van der Waals surface area contributed by atoms with Crippen molar-refractivity contribution in [3.8, 4) is 0 Å². The van der Waals surface area contributed by atoms with E-state index in [4.69, 9.17) is 4.74 Å². The average molecular weight is 613 g/mol. The third-order valence-electron chi connectivity index (χ3n) is 6.51. The standard InChI is InChI=1S/C28H26BrN3O4S2/c1-6-31-20-12-9-17(29)13-19(20)22(25(31)33)24-26(34)32-23(16-7-10-18(37-5)11-8-16)21(27(35)36-14(2)3)15(4)30-28(32)38-24/h7-14,23H,6H2,1-5H3/b24-22-/t23-/m1/s1. The van der Waals surface area contributed by atoms with Crippen molar-refractivity contribution in [2.45, 2.75) is 44.7 Å². The van der Waals surface area contributed by atoms with Crippen molar-refractivity contribution in [1.29, 1.82) is 0 Å². The van der Waals surface area contributed by atoms with Crippen molar-refractivity contribution in [1.82, 2.24) is 4.57 Å². The van der Waals surface area contributed by atoms with Crippen LogP contribution < -0.4 is 19.8 Å². The highest BCUT2D eigenvalue weighted by Gasteiger charge is 2.37. The SMILES string of the molecule is CCN1C(=O)/C(=c2\sc3n(c2=O)[C@H](c2ccc(SC)cc2)C(C(=O)OC(C)C)=C(C)N=3)c2cc(Br)ccc21. The van der Waals surface area contributed by atoms with Crippen LogP contribution in [-0.4, -0.2) is 35.3 Å². The number of benzene rings is 2. The number of fused-ring (bicyclic) bond motifs is 2. The predicted molar refractivity (Wildman–Crippen MR) is 154 cm³/mol. The molecule has 0 bridgehead atoms. The van der Waals surface area contributed by atoms with Gasteiger partial charge in [-0.3, -0.25) is 14.2 Å². The molecule has 0 spiro atoms. The van der Waals surface area contributed by atoms with Gasteiger partial charge in [-0.1, -0.05) is 39.4 Å². The molecule has 0 N–H and O–H groups in total. The quantitative estimate of drug-likeness (QED) is 0.315. The van der Waals surface area contributed by atoms with E-state index >= 15 is 0 Å². The van der Waals surface area contributed by atoms with Gasteiger partial charge in [0.2, 0.25) is 0 Å². The molecule has 2 aliphatic heterocycles. The molecule has 0 saturated carbocycles. The van der Waals surface area contributed by atoms with E-state index < -0.39 is 12.0 Å². The molecular formula is C28H26BrN3O4S2. The molecule has 196 valence electrons. The van der Waals surface area contributed by atoms with Gasteiger partial charge in [0.25, 0.3) is 11.5 Å². The van der Waals surface area contributed by atoms with E-state index in [9.17, 15) is 14.4 Å². The van der Waals surface area contributed by atoms with Crippen LogP contribution in [0.1, 0.15) is 44.9 Å². The Kier molecular flexibility index (Phi) is 7.23. The normalized spacial score (nSPS) is 18.0. The van der Waals surface area contributed by atoms with Crippen molar-refractivity contribution in [3.63, 3.8) is 0 Å². The van der Waals surface area contributed by atoms with Gasteiger partial charge >= 0.3 is 5.97 Å². The lowest BCUT2D eigenvalue weighted by Gasteiger charge is -2.25. The Hall–Kier alpha value is -2.95. The van der Waals surface area contributed by atoms with Gasteiger partial charge in [0.1, 0.15) is 4.53 Å². The Labute approximate surface area is 236 Å². The molecule has 10 heteroatoms. The average Bonchev–Trinajstić information content (AvgIpc) is 3.34. The minimum Gasteiger partial charge on any atom is -0.459 e. The van der Waals surface area contributed by atoms with Crippen LogP contribution in [0.15, 0.2) is 72.9 Å². The number of hydrogen-bond donors (Lipinski definition) is 0. The summed E-state index contributed by atoms with van der Waals surface area (Å²) in [7, 11) is 0. The van der Waals surface area contributed by atoms with Crippen molar-refractivity contribution >= 4 is 62.2 Å². The van der Waals surface area contributed by atoms with Crippen LogP contribution in [0.4, 0.5) is 5.69 Å². The summed E-state index contributed by atoms with van der Waals surface area (Å²) >= 11 is 6.29. The summed E-state index contributed by atoms with van der Waals surface area (Å²) in [6.07, 6.45) is 1.66. The van der Waals surface area contributed by atoms with Crippen molar-refractivity contribution in [3.05, 3.63) is 89.0 Å². The number of anilines is 1.